The van der Waals surface area contributed by atoms with Gasteiger partial charge in [-0.25, -0.2) is 4.68 Å². The van der Waals surface area contributed by atoms with Gasteiger partial charge in [-0.15, -0.1) is 5.10 Å². The Bertz CT molecular complexity index is 770. The van der Waals surface area contributed by atoms with Gasteiger partial charge >= 0.3 is 0 Å². The Hall–Kier alpha value is -2.14. The Kier molecular flexibility index (Phi) is 3.00. The summed E-state index contributed by atoms with van der Waals surface area (Å²) in [4.78, 5) is 0. The van der Waals surface area contributed by atoms with Crippen molar-refractivity contribution in [3.63, 3.8) is 0 Å². The van der Waals surface area contributed by atoms with Gasteiger partial charge in [0.2, 0.25) is 0 Å². The number of hydrogen-bond acceptors (Lipinski definition) is 4. The second kappa shape index (κ2) is 5.00. The fourth-order valence-electron chi connectivity index (χ4n) is 2.56. The third-order valence-electron chi connectivity index (χ3n) is 3.96. The highest BCUT2D eigenvalue weighted by Gasteiger charge is 2.21. The van der Waals surface area contributed by atoms with Crippen LogP contribution in [0.3, 0.4) is 0 Å². The van der Waals surface area contributed by atoms with E-state index in [-0.39, 0.29) is 0 Å². The summed E-state index contributed by atoms with van der Waals surface area (Å²) in [6, 6.07) is 10.8. The third kappa shape index (κ3) is 2.56. The number of fused-ring (bicyclic) bond motifs is 1. The van der Waals surface area contributed by atoms with Crippen LogP contribution in [-0.2, 0) is 13.1 Å². The molecule has 0 bridgehead atoms. The summed E-state index contributed by atoms with van der Waals surface area (Å²) in [5.41, 5.74) is 3.18. The van der Waals surface area contributed by atoms with Gasteiger partial charge in [0.15, 0.2) is 0 Å². The van der Waals surface area contributed by atoms with Crippen LogP contribution < -0.4 is 5.32 Å². The molecule has 21 heavy (non-hydrogen) atoms. The van der Waals surface area contributed by atoms with Crippen molar-refractivity contribution in [2.75, 3.05) is 0 Å². The molecule has 108 valence electrons. The molecule has 0 aliphatic heterocycles. The highest BCUT2D eigenvalue weighted by molar-refractivity contribution is 5.73. The summed E-state index contributed by atoms with van der Waals surface area (Å²) < 4.78 is 7.74. The molecule has 1 N–H and O–H groups in total. The quantitative estimate of drug-likeness (QED) is 0.781. The molecule has 2 heterocycles. The van der Waals surface area contributed by atoms with Crippen LogP contribution in [0.15, 0.2) is 34.7 Å². The second-order valence-corrected chi connectivity index (χ2v) is 5.69. The van der Waals surface area contributed by atoms with Crippen molar-refractivity contribution in [1.82, 2.24) is 20.3 Å². The number of para-hydroxylation sites is 1. The van der Waals surface area contributed by atoms with Crippen LogP contribution in [0.25, 0.3) is 11.0 Å². The monoisotopic (exact) mass is 282 g/mol. The minimum absolute atomic E-state index is 0.616. The molecule has 1 fully saturated rings. The normalized spacial score (nSPS) is 14.9. The first-order valence-corrected chi connectivity index (χ1v) is 7.39. The largest absolute Gasteiger partial charge is 0.464 e. The zero-order valence-corrected chi connectivity index (χ0v) is 12.0. The molecule has 0 unspecified atom stereocenters. The predicted octanol–water partition coefficient (Wildman–Crippen LogP) is 2.63. The Labute approximate surface area is 122 Å². The summed E-state index contributed by atoms with van der Waals surface area (Å²) in [6.07, 6.45) is 2.60. The highest BCUT2D eigenvalue weighted by Crippen LogP contribution is 2.22. The number of furan rings is 1. The fraction of sp³-hybridized carbons (Fsp3) is 0.375. The molecule has 1 aromatic carbocycles. The SMILES string of the molecule is Cc1oc(Cn2nnc3ccccc32)cc1CNC1CC1. The molecular weight excluding hydrogens is 264 g/mol. The number of rotatable bonds is 5. The highest BCUT2D eigenvalue weighted by atomic mass is 16.3. The Morgan fingerprint density at radius 2 is 2.19 bits per heavy atom. The van der Waals surface area contributed by atoms with E-state index in [2.05, 4.69) is 21.7 Å². The third-order valence-corrected chi connectivity index (χ3v) is 3.96. The van der Waals surface area contributed by atoms with Gasteiger partial charge in [-0.1, -0.05) is 17.3 Å². The maximum atomic E-state index is 5.86. The van der Waals surface area contributed by atoms with Crippen LogP contribution in [0.2, 0.25) is 0 Å². The predicted molar refractivity (Wildman–Crippen MR) is 79.9 cm³/mol. The van der Waals surface area contributed by atoms with Crippen molar-refractivity contribution in [2.45, 2.75) is 38.9 Å². The number of aryl methyl sites for hydroxylation is 1. The molecule has 5 heteroatoms. The number of nitrogens with zero attached hydrogens (tertiary/aromatic N) is 3. The minimum Gasteiger partial charge on any atom is -0.464 e. The first kappa shape index (κ1) is 12.6. The van der Waals surface area contributed by atoms with E-state index in [1.165, 1.54) is 18.4 Å². The van der Waals surface area contributed by atoms with E-state index >= 15 is 0 Å². The lowest BCUT2D eigenvalue weighted by molar-refractivity contribution is 0.456. The van der Waals surface area contributed by atoms with Gasteiger partial charge in [0.25, 0.3) is 0 Å². The smallest absolute Gasteiger partial charge is 0.126 e. The molecule has 5 nitrogen and oxygen atoms in total. The van der Waals surface area contributed by atoms with Crippen molar-refractivity contribution in [3.05, 3.63) is 47.4 Å². The van der Waals surface area contributed by atoms with Crippen molar-refractivity contribution >= 4 is 11.0 Å². The van der Waals surface area contributed by atoms with E-state index in [1.807, 2.05) is 35.9 Å². The molecule has 3 aromatic rings. The number of nitrogens with one attached hydrogen (secondary N) is 1. The van der Waals surface area contributed by atoms with E-state index in [0.29, 0.717) is 12.6 Å². The molecule has 1 saturated carbocycles. The van der Waals surface area contributed by atoms with Crippen molar-refractivity contribution in [2.24, 2.45) is 0 Å². The van der Waals surface area contributed by atoms with Crippen molar-refractivity contribution in [1.29, 1.82) is 0 Å². The number of benzene rings is 1. The lowest BCUT2D eigenvalue weighted by Gasteiger charge is -1.99. The molecular formula is C16H18N4O. The maximum Gasteiger partial charge on any atom is 0.126 e. The lowest BCUT2D eigenvalue weighted by Crippen LogP contribution is -2.15. The summed E-state index contributed by atoms with van der Waals surface area (Å²) >= 11 is 0. The average Bonchev–Trinajstić information content (AvgIpc) is 3.14. The summed E-state index contributed by atoms with van der Waals surface area (Å²) in [6.45, 7) is 3.52. The van der Waals surface area contributed by atoms with E-state index in [4.69, 9.17) is 4.42 Å². The van der Waals surface area contributed by atoms with E-state index < -0.39 is 0 Å². The summed E-state index contributed by atoms with van der Waals surface area (Å²) in [5.74, 6) is 1.92. The topological polar surface area (TPSA) is 55.9 Å². The Morgan fingerprint density at radius 3 is 3.05 bits per heavy atom. The van der Waals surface area contributed by atoms with Crippen LogP contribution in [-0.4, -0.2) is 21.0 Å². The average molecular weight is 282 g/mol. The molecule has 0 atom stereocenters. The lowest BCUT2D eigenvalue weighted by atomic mass is 10.2. The zero-order chi connectivity index (χ0) is 14.2. The van der Waals surface area contributed by atoms with E-state index in [0.717, 1.165) is 29.1 Å². The first-order chi connectivity index (χ1) is 10.3. The number of aromatic nitrogens is 3. The van der Waals surface area contributed by atoms with Gasteiger partial charge in [0, 0.05) is 18.2 Å². The summed E-state index contributed by atoms with van der Waals surface area (Å²) in [7, 11) is 0. The van der Waals surface area contributed by atoms with Gasteiger partial charge < -0.3 is 9.73 Å². The van der Waals surface area contributed by atoms with E-state index in [9.17, 15) is 0 Å². The van der Waals surface area contributed by atoms with Gasteiger partial charge in [-0.05, 0) is 38.0 Å². The molecule has 0 spiro atoms. The van der Waals surface area contributed by atoms with Crippen LogP contribution in [0.1, 0.15) is 29.9 Å². The van der Waals surface area contributed by atoms with Crippen molar-refractivity contribution in [3.8, 4) is 0 Å². The maximum absolute atomic E-state index is 5.86. The standard InChI is InChI=1S/C16H18N4O/c1-11-12(9-17-13-6-7-13)8-14(21-11)10-20-16-5-3-2-4-15(16)18-19-20/h2-5,8,13,17H,6-7,9-10H2,1H3. The Morgan fingerprint density at radius 1 is 1.33 bits per heavy atom. The molecule has 2 aromatic heterocycles. The first-order valence-electron chi connectivity index (χ1n) is 7.39. The van der Waals surface area contributed by atoms with Gasteiger partial charge in [-0.2, -0.15) is 0 Å². The van der Waals surface area contributed by atoms with Gasteiger partial charge in [-0.3, -0.25) is 0 Å². The number of hydrogen-bond donors (Lipinski definition) is 1. The van der Waals surface area contributed by atoms with Crippen LogP contribution >= 0.6 is 0 Å². The van der Waals surface area contributed by atoms with Gasteiger partial charge in [0.1, 0.15) is 23.6 Å². The zero-order valence-electron chi connectivity index (χ0n) is 12.0. The fourth-order valence-corrected chi connectivity index (χ4v) is 2.56. The molecule has 4 rings (SSSR count). The van der Waals surface area contributed by atoms with Crippen LogP contribution in [0, 0.1) is 6.92 Å². The molecule has 0 radical (unpaired) electrons. The molecule has 0 amide bonds. The van der Waals surface area contributed by atoms with E-state index in [1.54, 1.807) is 0 Å². The Balaban J connectivity index is 1.54. The summed E-state index contributed by atoms with van der Waals surface area (Å²) in [5, 5.41) is 11.9. The van der Waals surface area contributed by atoms with Crippen LogP contribution in [0.4, 0.5) is 0 Å². The minimum atomic E-state index is 0.616. The van der Waals surface area contributed by atoms with Crippen LogP contribution in [0.5, 0.6) is 0 Å². The van der Waals surface area contributed by atoms with Gasteiger partial charge in [0.05, 0.1) is 5.52 Å². The molecule has 1 aliphatic rings. The second-order valence-electron chi connectivity index (χ2n) is 5.69. The van der Waals surface area contributed by atoms with Crippen molar-refractivity contribution < 1.29 is 4.42 Å². The molecule has 0 saturated heterocycles. The molecule has 1 aliphatic carbocycles.